The summed E-state index contributed by atoms with van der Waals surface area (Å²) < 4.78 is 26.2. The molecule has 0 radical (unpaired) electrons. The normalized spacial score (nSPS) is 11.2. The molecule has 1 amide bonds. The van der Waals surface area contributed by atoms with Crippen LogP contribution in [0, 0.1) is 11.6 Å². The molecule has 0 atom stereocenters. The number of anilines is 1. The molecule has 0 saturated carbocycles. The summed E-state index contributed by atoms with van der Waals surface area (Å²) in [5, 5.41) is 13.7. The highest BCUT2D eigenvalue weighted by atomic mass is 19.1. The van der Waals surface area contributed by atoms with Crippen LogP contribution in [0.1, 0.15) is 15.9 Å². The number of carbonyl (C=O) groups excluding carboxylic acids is 1. The summed E-state index contributed by atoms with van der Waals surface area (Å²) in [4.78, 5) is 12.0. The third-order valence-corrected chi connectivity index (χ3v) is 2.71. The number of nitrogens with two attached hydrogens (primary N) is 1. The van der Waals surface area contributed by atoms with Gasteiger partial charge in [-0.3, -0.25) is 4.79 Å². The summed E-state index contributed by atoms with van der Waals surface area (Å²) in [5.74, 6) is -2.37. The molecule has 5 nitrogen and oxygen atoms in total. The quantitative estimate of drug-likeness (QED) is 0.351. The second kappa shape index (κ2) is 6.00. The Morgan fingerprint density at radius 3 is 2.52 bits per heavy atom. The zero-order valence-electron chi connectivity index (χ0n) is 10.7. The first-order valence-corrected chi connectivity index (χ1v) is 5.85. The fraction of sp³-hybridized carbons (Fsp3) is 0. The van der Waals surface area contributed by atoms with Crippen LogP contribution in [-0.4, -0.2) is 17.0 Å². The van der Waals surface area contributed by atoms with Gasteiger partial charge in [-0.1, -0.05) is 17.3 Å². The number of carbonyl (C=O) groups is 1. The monoisotopic (exact) mass is 291 g/mol. The smallest absolute Gasteiger partial charge is 0.255 e. The first-order chi connectivity index (χ1) is 10.0. The van der Waals surface area contributed by atoms with Crippen molar-refractivity contribution in [1.29, 1.82) is 0 Å². The van der Waals surface area contributed by atoms with Crippen molar-refractivity contribution in [2.24, 2.45) is 10.9 Å². The minimum absolute atomic E-state index is 0.143. The molecule has 7 heteroatoms. The molecule has 0 saturated heterocycles. The minimum Gasteiger partial charge on any atom is -0.409 e. The average molecular weight is 291 g/mol. The highest BCUT2D eigenvalue weighted by Crippen LogP contribution is 2.16. The van der Waals surface area contributed by atoms with E-state index in [1.54, 1.807) is 6.07 Å². The summed E-state index contributed by atoms with van der Waals surface area (Å²) in [7, 11) is 0. The van der Waals surface area contributed by atoms with Gasteiger partial charge in [-0.05, 0) is 24.3 Å². The fourth-order valence-corrected chi connectivity index (χ4v) is 1.66. The molecule has 0 heterocycles. The lowest BCUT2D eigenvalue weighted by Crippen LogP contribution is -2.16. The number of amidine groups is 1. The molecule has 4 N–H and O–H groups in total. The minimum atomic E-state index is -0.879. The van der Waals surface area contributed by atoms with Gasteiger partial charge < -0.3 is 16.3 Å². The molecule has 108 valence electrons. The van der Waals surface area contributed by atoms with E-state index in [9.17, 15) is 13.6 Å². The molecule has 0 fully saturated rings. The molecule has 0 aliphatic heterocycles. The van der Waals surface area contributed by atoms with E-state index in [0.29, 0.717) is 11.6 Å². The van der Waals surface area contributed by atoms with E-state index in [0.717, 1.165) is 12.1 Å². The summed E-state index contributed by atoms with van der Waals surface area (Å²) in [5.41, 5.74) is 5.80. The van der Waals surface area contributed by atoms with Gasteiger partial charge >= 0.3 is 0 Å². The molecule has 2 aromatic carbocycles. The number of hydrogen-bond donors (Lipinski definition) is 3. The number of amides is 1. The maximum Gasteiger partial charge on any atom is 0.255 e. The summed E-state index contributed by atoms with van der Waals surface area (Å²) in [6, 6.07) is 8.76. The Bertz CT molecular complexity index is 717. The van der Waals surface area contributed by atoms with Crippen LogP contribution in [0.25, 0.3) is 0 Å². The van der Waals surface area contributed by atoms with Gasteiger partial charge in [-0.2, -0.15) is 0 Å². The van der Waals surface area contributed by atoms with Gasteiger partial charge in [0.05, 0.1) is 5.69 Å². The summed E-state index contributed by atoms with van der Waals surface area (Å²) in [6.45, 7) is 0. The van der Waals surface area contributed by atoms with Crippen molar-refractivity contribution in [3.05, 3.63) is 65.2 Å². The van der Waals surface area contributed by atoms with Crippen molar-refractivity contribution in [2.75, 3.05) is 5.32 Å². The van der Waals surface area contributed by atoms with Crippen LogP contribution in [0.2, 0.25) is 0 Å². The Morgan fingerprint density at radius 2 is 1.86 bits per heavy atom. The molecule has 2 aromatic rings. The third-order valence-electron chi connectivity index (χ3n) is 2.71. The molecule has 0 aliphatic rings. The Balaban J connectivity index is 2.24. The lowest BCUT2D eigenvalue weighted by Gasteiger charge is -2.07. The predicted molar refractivity (Wildman–Crippen MR) is 73.3 cm³/mol. The third kappa shape index (κ3) is 3.33. The van der Waals surface area contributed by atoms with E-state index in [2.05, 4.69) is 10.5 Å². The number of oxime groups is 1. The van der Waals surface area contributed by atoms with Gasteiger partial charge in [-0.15, -0.1) is 0 Å². The topological polar surface area (TPSA) is 87.7 Å². The van der Waals surface area contributed by atoms with Crippen molar-refractivity contribution >= 4 is 17.4 Å². The molecular weight excluding hydrogens is 280 g/mol. The van der Waals surface area contributed by atoms with E-state index in [4.69, 9.17) is 10.9 Å². The predicted octanol–water partition coefficient (Wildman–Crippen LogP) is 2.31. The first-order valence-electron chi connectivity index (χ1n) is 5.85. The summed E-state index contributed by atoms with van der Waals surface area (Å²) >= 11 is 0. The first kappa shape index (κ1) is 14.4. The van der Waals surface area contributed by atoms with Crippen LogP contribution in [-0.2, 0) is 0 Å². The Labute approximate surface area is 118 Å². The maximum absolute atomic E-state index is 13.5. The van der Waals surface area contributed by atoms with Gasteiger partial charge in [0, 0.05) is 17.2 Å². The number of hydrogen-bond acceptors (Lipinski definition) is 3. The molecule has 0 aromatic heterocycles. The van der Waals surface area contributed by atoms with Crippen molar-refractivity contribution in [1.82, 2.24) is 0 Å². The van der Waals surface area contributed by atoms with Crippen molar-refractivity contribution in [2.45, 2.75) is 0 Å². The molecule has 2 rings (SSSR count). The maximum atomic E-state index is 13.5. The number of halogens is 2. The summed E-state index contributed by atoms with van der Waals surface area (Å²) in [6.07, 6.45) is 0. The lowest BCUT2D eigenvalue weighted by atomic mass is 10.1. The van der Waals surface area contributed by atoms with E-state index < -0.39 is 17.5 Å². The van der Waals surface area contributed by atoms with E-state index in [1.807, 2.05) is 0 Å². The van der Waals surface area contributed by atoms with Crippen LogP contribution >= 0.6 is 0 Å². The zero-order valence-corrected chi connectivity index (χ0v) is 10.7. The van der Waals surface area contributed by atoms with Gasteiger partial charge in [0.25, 0.3) is 5.91 Å². The van der Waals surface area contributed by atoms with Crippen LogP contribution in [0.3, 0.4) is 0 Å². The average Bonchev–Trinajstić information content (AvgIpc) is 2.49. The van der Waals surface area contributed by atoms with Crippen LogP contribution in [0.5, 0.6) is 0 Å². The van der Waals surface area contributed by atoms with Gasteiger partial charge in [0.1, 0.15) is 11.6 Å². The standard InChI is InChI=1S/C14H11F2N3O2/c15-10-4-5-12(11(16)7-10)18-14(20)9-3-1-2-8(6-9)13(17)19-21/h1-7,21H,(H2,17,19)(H,18,20). The highest BCUT2D eigenvalue weighted by Gasteiger charge is 2.11. The second-order valence-electron chi connectivity index (χ2n) is 4.14. The van der Waals surface area contributed by atoms with Crippen LogP contribution < -0.4 is 11.1 Å². The molecular formula is C14H11F2N3O2. The zero-order chi connectivity index (χ0) is 15.4. The number of nitrogens with one attached hydrogen (secondary N) is 1. The molecule has 21 heavy (non-hydrogen) atoms. The van der Waals surface area contributed by atoms with Crippen molar-refractivity contribution in [3.63, 3.8) is 0 Å². The largest absolute Gasteiger partial charge is 0.409 e. The van der Waals surface area contributed by atoms with Gasteiger partial charge in [0.15, 0.2) is 5.84 Å². The Hall–Kier alpha value is -2.96. The Kier molecular flexibility index (Phi) is 4.13. The van der Waals surface area contributed by atoms with Crippen molar-refractivity contribution < 1.29 is 18.8 Å². The van der Waals surface area contributed by atoms with Crippen molar-refractivity contribution in [3.8, 4) is 0 Å². The fourth-order valence-electron chi connectivity index (χ4n) is 1.66. The molecule has 0 bridgehead atoms. The lowest BCUT2D eigenvalue weighted by molar-refractivity contribution is 0.102. The SMILES string of the molecule is N/C(=N\O)c1cccc(C(=O)Nc2ccc(F)cc2F)c1. The Morgan fingerprint density at radius 1 is 1.14 bits per heavy atom. The molecule has 0 spiro atoms. The van der Waals surface area contributed by atoms with E-state index in [-0.39, 0.29) is 17.1 Å². The van der Waals surface area contributed by atoms with Gasteiger partial charge in [-0.25, -0.2) is 8.78 Å². The van der Waals surface area contributed by atoms with Crippen LogP contribution in [0.4, 0.5) is 14.5 Å². The highest BCUT2D eigenvalue weighted by molar-refractivity contribution is 6.06. The number of rotatable bonds is 3. The number of nitrogens with zero attached hydrogens (tertiary/aromatic N) is 1. The van der Waals surface area contributed by atoms with E-state index >= 15 is 0 Å². The number of benzene rings is 2. The van der Waals surface area contributed by atoms with E-state index in [1.165, 1.54) is 18.2 Å². The molecule has 0 unspecified atom stereocenters. The van der Waals surface area contributed by atoms with Crippen LogP contribution in [0.15, 0.2) is 47.6 Å². The second-order valence-corrected chi connectivity index (χ2v) is 4.14. The van der Waals surface area contributed by atoms with Gasteiger partial charge in [0.2, 0.25) is 0 Å². The molecule has 0 aliphatic carbocycles.